The highest BCUT2D eigenvalue weighted by molar-refractivity contribution is 6.02. The zero-order valence-electron chi connectivity index (χ0n) is 13.3. The summed E-state index contributed by atoms with van der Waals surface area (Å²) in [5.41, 5.74) is 3.35. The van der Waals surface area contributed by atoms with E-state index in [2.05, 4.69) is 27.8 Å². The quantitative estimate of drug-likeness (QED) is 0.723. The number of aromatic nitrogens is 1. The smallest absolute Gasteiger partial charge is 0.274 e. The van der Waals surface area contributed by atoms with Crippen molar-refractivity contribution in [1.82, 2.24) is 4.98 Å². The molecule has 0 saturated heterocycles. The molecular weight excluding hydrogens is 298 g/mol. The number of rotatable bonds is 6. The van der Waals surface area contributed by atoms with Crippen LogP contribution in [0.5, 0.6) is 0 Å². The molecule has 0 fully saturated rings. The molecule has 4 nitrogen and oxygen atoms in total. The number of pyridine rings is 1. The normalized spacial score (nSPS) is 10.2. The maximum absolute atomic E-state index is 12.1. The molecule has 24 heavy (non-hydrogen) atoms. The number of anilines is 2. The van der Waals surface area contributed by atoms with Gasteiger partial charge in [0.1, 0.15) is 5.69 Å². The first-order valence-electron chi connectivity index (χ1n) is 7.91. The van der Waals surface area contributed by atoms with Crippen LogP contribution in [0.2, 0.25) is 0 Å². The SMILES string of the molecule is O=C(Nc1ccccc1)c1ccc(NCCc2ccccc2)cn1. The molecule has 0 bridgehead atoms. The Kier molecular flexibility index (Phi) is 5.20. The summed E-state index contributed by atoms with van der Waals surface area (Å²) in [6, 6.07) is 23.3. The van der Waals surface area contributed by atoms with E-state index < -0.39 is 0 Å². The van der Waals surface area contributed by atoms with Crippen LogP contribution in [-0.4, -0.2) is 17.4 Å². The Morgan fingerprint density at radius 2 is 1.54 bits per heavy atom. The largest absolute Gasteiger partial charge is 0.383 e. The molecule has 0 aliphatic carbocycles. The van der Waals surface area contributed by atoms with Crippen molar-refractivity contribution in [2.75, 3.05) is 17.2 Å². The van der Waals surface area contributed by atoms with Crippen LogP contribution in [0.4, 0.5) is 11.4 Å². The standard InChI is InChI=1S/C20H19N3O/c24-20(23-17-9-5-2-6-10-17)19-12-11-18(15-22-19)21-14-13-16-7-3-1-4-8-16/h1-12,15,21H,13-14H2,(H,23,24). The van der Waals surface area contributed by atoms with Crippen molar-refractivity contribution in [1.29, 1.82) is 0 Å². The Bertz CT molecular complexity index is 771. The van der Waals surface area contributed by atoms with Gasteiger partial charge < -0.3 is 10.6 Å². The molecule has 120 valence electrons. The maximum atomic E-state index is 12.1. The Hall–Kier alpha value is -3.14. The van der Waals surface area contributed by atoms with Crippen LogP contribution in [-0.2, 0) is 6.42 Å². The molecule has 1 heterocycles. The summed E-state index contributed by atoms with van der Waals surface area (Å²) in [7, 11) is 0. The van der Waals surface area contributed by atoms with E-state index in [4.69, 9.17) is 0 Å². The minimum atomic E-state index is -0.211. The fourth-order valence-corrected chi connectivity index (χ4v) is 2.35. The summed E-state index contributed by atoms with van der Waals surface area (Å²) >= 11 is 0. The fourth-order valence-electron chi connectivity index (χ4n) is 2.35. The highest BCUT2D eigenvalue weighted by atomic mass is 16.1. The first kappa shape index (κ1) is 15.7. The van der Waals surface area contributed by atoms with Crippen molar-refractivity contribution >= 4 is 17.3 Å². The highest BCUT2D eigenvalue weighted by Gasteiger charge is 2.07. The first-order chi connectivity index (χ1) is 11.8. The van der Waals surface area contributed by atoms with Gasteiger partial charge in [0.2, 0.25) is 0 Å². The highest BCUT2D eigenvalue weighted by Crippen LogP contribution is 2.10. The molecule has 3 rings (SSSR count). The molecule has 0 radical (unpaired) electrons. The zero-order valence-corrected chi connectivity index (χ0v) is 13.3. The van der Waals surface area contributed by atoms with Crippen LogP contribution < -0.4 is 10.6 Å². The molecule has 0 aliphatic rings. The lowest BCUT2D eigenvalue weighted by molar-refractivity contribution is 0.102. The van der Waals surface area contributed by atoms with Gasteiger partial charge in [-0.25, -0.2) is 4.98 Å². The number of nitrogens with zero attached hydrogens (tertiary/aromatic N) is 1. The molecule has 2 N–H and O–H groups in total. The summed E-state index contributed by atoms with van der Waals surface area (Å²) in [4.78, 5) is 16.4. The number of hydrogen-bond acceptors (Lipinski definition) is 3. The zero-order chi connectivity index (χ0) is 16.6. The minimum Gasteiger partial charge on any atom is -0.383 e. The van der Waals surface area contributed by atoms with Crippen LogP contribution in [0.25, 0.3) is 0 Å². The van der Waals surface area contributed by atoms with Gasteiger partial charge in [-0.15, -0.1) is 0 Å². The van der Waals surface area contributed by atoms with E-state index in [0.717, 1.165) is 24.3 Å². The van der Waals surface area contributed by atoms with Crippen LogP contribution in [0.15, 0.2) is 79.0 Å². The second-order valence-electron chi connectivity index (χ2n) is 5.41. The Morgan fingerprint density at radius 1 is 0.833 bits per heavy atom. The van der Waals surface area contributed by atoms with Gasteiger partial charge in [0, 0.05) is 12.2 Å². The molecule has 0 saturated carbocycles. The lowest BCUT2D eigenvalue weighted by Gasteiger charge is -2.08. The monoisotopic (exact) mass is 317 g/mol. The third-order valence-electron chi connectivity index (χ3n) is 3.61. The van der Waals surface area contributed by atoms with E-state index in [1.54, 1.807) is 12.3 Å². The molecule has 4 heteroatoms. The van der Waals surface area contributed by atoms with Gasteiger partial charge in [-0.05, 0) is 36.2 Å². The van der Waals surface area contributed by atoms with Gasteiger partial charge >= 0.3 is 0 Å². The summed E-state index contributed by atoms with van der Waals surface area (Å²) in [5.74, 6) is -0.211. The van der Waals surface area contributed by atoms with Crippen LogP contribution in [0, 0.1) is 0 Å². The van der Waals surface area contributed by atoms with Crippen molar-refractivity contribution in [2.45, 2.75) is 6.42 Å². The van der Waals surface area contributed by atoms with E-state index in [1.807, 2.05) is 54.6 Å². The van der Waals surface area contributed by atoms with Crippen LogP contribution in [0.3, 0.4) is 0 Å². The number of nitrogens with one attached hydrogen (secondary N) is 2. The van der Waals surface area contributed by atoms with Crippen molar-refractivity contribution in [3.05, 3.63) is 90.3 Å². The Morgan fingerprint density at radius 3 is 2.21 bits per heavy atom. The third-order valence-corrected chi connectivity index (χ3v) is 3.61. The Balaban J connectivity index is 1.52. The summed E-state index contributed by atoms with van der Waals surface area (Å²) in [6.45, 7) is 0.821. The van der Waals surface area contributed by atoms with Gasteiger partial charge in [0.15, 0.2) is 0 Å². The maximum Gasteiger partial charge on any atom is 0.274 e. The molecule has 1 amide bonds. The van der Waals surface area contributed by atoms with E-state index >= 15 is 0 Å². The van der Waals surface area contributed by atoms with Gasteiger partial charge in [0.05, 0.1) is 11.9 Å². The average molecular weight is 317 g/mol. The molecular formula is C20H19N3O. The lowest BCUT2D eigenvalue weighted by atomic mass is 10.1. The predicted molar refractivity (Wildman–Crippen MR) is 97.3 cm³/mol. The number of amides is 1. The van der Waals surface area contributed by atoms with Gasteiger partial charge in [-0.2, -0.15) is 0 Å². The third kappa shape index (κ3) is 4.43. The van der Waals surface area contributed by atoms with E-state index in [1.165, 1.54) is 5.56 Å². The van der Waals surface area contributed by atoms with Gasteiger partial charge in [-0.1, -0.05) is 48.5 Å². The van der Waals surface area contributed by atoms with Gasteiger partial charge in [-0.3, -0.25) is 4.79 Å². The molecule has 0 unspecified atom stereocenters. The molecule has 0 aliphatic heterocycles. The fraction of sp³-hybridized carbons (Fsp3) is 0.100. The van der Waals surface area contributed by atoms with Gasteiger partial charge in [0.25, 0.3) is 5.91 Å². The van der Waals surface area contributed by atoms with Crippen LogP contribution in [0.1, 0.15) is 16.1 Å². The molecule has 1 aromatic heterocycles. The van der Waals surface area contributed by atoms with Crippen LogP contribution >= 0.6 is 0 Å². The van der Waals surface area contributed by atoms with E-state index in [9.17, 15) is 4.79 Å². The summed E-state index contributed by atoms with van der Waals surface area (Å²) in [5, 5.41) is 6.14. The van der Waals surface area contributed by atoms with Crippen molar-refractivity contribution in [3.63, 3.8) is 0 Å². The lowest BCUT2D eigenvalue weighted by Crippen LogP contribution is -2.13. The van der Waals surface area contributed by atoms with Crippen molar-refractivity contribution in [3.8, 4) is 0 Å². The second-order valence-corrected chi connectivity index (χ2v) is 5.41. The summed E-state index contributed by atoms with van der Waals surface area (Å²) < 4.78 is 0. The second kappa shape index (κ2) is 7.92. The predicted octanol–water partition coefficient (Wildman–Crippen LogP) is 3.99. The number of carbonyl (C=O) groups excluding carboxylic acids is 1. The van der Waals surface area contributed by atoms with Crippen molar-refractivity contribution in [2.24, 2.45) is 0 Å². The molecule has 0 atom stereocenters. The Labute approximate surface area is 141 Å². The molecule has 0 spiro atoms. The van der Waals surface area contributed by atoms with E-state index in [0.29, 0.717) is 5.69 Å². The first-order valence-corrected chi connectivity index (χ1v) is 7.91. The number of hydrogen-bond donors (Lipinski definition) is 2. The molecule has 3 aromatic rings. The number of para-hydroxylation sites is 1. The minimum absolute atomic E-state index is 0.211. The average Bonchev–Trinajstić information content (AvgIpc) is 2.64. The topological polar surface area (TPSA) is 54.0 Å². The number of benzene rings is 2. The summed E-state index contributed by atoms with van der Waals surface area (Å²) in [6.07, 6.45) is 2.63. The van der Waals surface area contributed by atoms with Crippen molar-refractivity contribution < 1.29 is 4.79 Å². The molecule has 2 aromatic carbocycles. The number of carbonyl (C=O) groups is 1. The van der Waals surface area contributed by atoms with E-state index in [-0.39, 0.29) is 5.91 Å².